The summed E-state index contributed by atoms with van der Waals surface area (Å²) in [6, 6.07) is 7.34. The highest BCUT2D eigenvalue weighted by Crippen LogP contribution is 2.23. The maximum Gasteiger partial charge on any atom is 0.262 e. The summed E-state index contributed by atoms with van der Waals surface area (Å²) >= 11 is 5.27. The third kappa shape index (κ3) is 4.16. The number of carbonyl (C=O) groups excluding carboxylic acids is 1. The van der Waals surface area contributed by atoms with Gasteiger partial charge in [-0.15, -0.1) is 0 Å². The molecule has 0 spiro atoms. The largest absolute Gasteiger partial charge is 0.375 e. The molecule has 3 rings (SSSR count). The van der Waals surface area contributed by atoms with Crippen LogP contribution >= 0.6 is 12.2 Å². The van der Waals surface area contributed by atoms with Crippen LogP contribution in [0.25, 0.3) is 10.9 Å². The molecule has 1 aliphatic rings. The molecule has 1 fully saturated rings. The van der Waals surface area contributed by atoms with Crippen molar-refractivity contribution >= 4 is 29.0 Å². The number of hydrogen-bond donors (Lipinski definition) is 2. The van der Waals surface area contributed by atoms with Crippen LogP contribution in [0.3, 0.4) is 0 Å². The number of amides is 1. The molecule has 2 aromatic rings. The quantitative estimate of drug-likeness (QED) is 0.821. The van der Waals surface area contributed by atoms with E-state index in [1.807, 2.05) is 32.0 Å². The van der Waals surface area contributed by atoms with Gasteiger partial charge in [0.1, 0.15) is 0 Å². The highest BCUT2D eigenvalue weighted by molar-refractivity contribution is 7.71. The van der Waals surface area contributed by atoms with Crippen LogP contribution in [-0.4, -0.2) is 33.7 Å². The summed E-state index contributed by atoms with van der Waals surface area (Å²) in [4.78, 5) is 27.9. The van der Waals surface area contributed by atoms with Gasteiger partial charge >= 0.3 is 0 Å². The number of aromatic amines is 1. The Morgan fingerprint density at radius 3 is 2.96 bits per heavy atom. The summed E-state index contributed by atoms with van der Waals surface area (Å²) in [5.41, 5.74) is 0.329. The van der Waals surface area contributed by atoms with Crippen molar-refractivity contribution in [3.63, 3.8) is 0 Å². The number of aromatic nitrogens is 2. The molecule has 0 aliphatic carbocycles. The van der Waals surface area contributed by atoms with Crippen molar-refractivity contribution in [2.75, 3.05) is 6.61 Å². The summed E-state index contributed by atoms with van der Waals surface area (Å²) in [6.07, 6.45) is 1.81. The number of benzene rings is 1. The SMILES string of the molecule is CC1(C)C[C@H](NC(=O)CCn2c(=S)[nH]c3ccccc3c2=O)CCO1. The topological polar surface area (TPSA) is 76.1 Å². The van der Waals surface area contributed by atoms with E-state index in [1.165, 1.54) is 4.57 Å². The maximum atomic E-state index is 12.6. The fourth-order valence-corrected chi connectivity index (χ4v) is 3.55. The third-order valence-corrected chi connectivity index (χ3v) is 4.84. The van der Waals surface area contributed by atoms with Crippen LogP contribution in [-0.2, 0) is 16.1 Å². The summed E-state index contributed by atoms with van der Waals surface area (Å²) in [7, 11) is 0. The number of ether oxygens (including phenoxy) is 1. The molecule has 1 amide bonds. The first kappa shape index (κ1) is 17.8. The summed E-state index contributed by atoms with van der Waals surface area (Å²) in [5.74, 6) is -0.0721. The molecule has 1 aliphatic heterocycles. The minimum atomic E-state index is -0.214. The number of H-pyrrole nitrogens is 1. The van der Waals surface area contributed by atoms with Crippen LogP contribution in [0.15, 0.2) is 29.1 Å². The van der Waals surface area contributed by atoms with Crippen molar-refractivity contribution < 1.29 is 9.53 Å². The van der Waals surface area contributed by atoms with E-state index >= 15 is 0 Å². The highest BCUT2D eigenvalue weighted by atomic mass is 32.1. The lowest BCUT2D eigenvalue weighted by Crippen LogP contribution is -2.46. The van der Waals surface area contributed by atoms with Gasteiger partial charge in [0.15, 0.2) is 4.77 Å². The predicted octanol–water partition coefficient (Wildman–Crippen LogP) is 2.52. The van der Waals surface area contributed by atoms with Crippen LogP contribution in [0.1, 0.15) is 33.1 Å². The maximum absolute atomic E-state index is 12.6. The fourth-order valence-electron chi connectivity index (χ4n) is 3.27. The molecule has 2 N–H and O–H groups in total. The van der Waals surface area contributed by atoms with E-state index < -0.39 is 0 Å². The molecule has 2 heterocycles. The zero-order chi connectivity index (χ0) is 18.0. The Hall–Kier alpha value is -1.99. The zero-order valence-electron chi connectivity index (χ0n) is 14.5. The predicted molar refractivity (Wildman–Crippen MR) is 99.2 cm³/mol. The summed E-state index contributed by atoms with van der Waals surface area (Å²) in [5, 5.41) is 3.61. The van der Waals surface area contributed by atoms with Gasteiger partial charge in [-0.1, -0.05) is 12.1 Å². The van der Waals surface area contributed by atoms with Gasteiger partial charge in [-0.2, -0.15) is 0 Å². The summed E-state index contributed by atoms with van der Waals surface area (Å²) in [6.45, 7) is 4.96. The van der Waals surface area contributed by atoms with E-state index in [0.29, 0.717) is 22.3 Å². The van der Waals surface area contributed by atoms with Crippen LogP contribution in [0.2, 0.25) is 0 Å². The Kier molecular flexibility index (Phi) is 5.06. The monoisotopic (exact) mass is 361 g/mol. The molecule has 0 unspecified atom stereocenters. The van der Waals surface area contributed by atoms with Gasteiger partial charge in [0.25, 0.3) is 5.56 Å². The van der Waals surface area contributed by atoms with Gasteiger partial charge in [-0.05, 0) is 51.0 Å². The first-order chi connectivity index (χ1) is 11.9. The molecule has 0 bridgehead atoms. The lowest BCUT2D eigenvalue weighted by atomic mass is 9.94. The molecule has 6 nitrogen and oxygen atoms in total. The van der Waals surface area contributed by atoms with Gasteiger partial charge in [0.2, 0.25) is 5.91 Å². The zero-order valence-corrected chi connectivity index (χ0v) is 15.3. The third-order valence-electron chi connectivity index (χ3n) is 4.51. The highest BCUT2D eigenvalue weighted by Gasteiger charge is 2.29. The average molecular weight is 361 g/mol. The molecule has 1 aromatic carbocycles. The van der Waals surface area contributed by atoms with Crippen LogP contribution < -0.4 is 10.9 Å². The number of para-hydroxylation sites is 1. The van der Waals surface area contributed by atoms with Crippen LogP contribution in [0.5, 0.6) is 0 Å². The molecule has 25 heavy (non-hydrogen) atoms. The Morgan fingerprint density at radius 2 is 2.20 bits per heavy atom. The first-order valence-electron chi connectivity index (χ1n) is 8.51. The number of hydrogen-bond acceptors (Lipinski definition) is 4. The van der Waals surface area contributed by atoms with Crippen molar-refractivity contribution in [1.29, 1.82) is 0 Å². The van der Waals surface area contributed by atoms with Crippen LogP contribution in [0.4, 0.5) is 0 Å². The smallest absolute Gasteiger partial charge is 0.262 e. The Balaban J connectivity index is 1.67. The minimum Gasteiger partial charge on any atom is -0.375 e. The molecule has 0 radical (unpaired) electrons. The lowest BCUT2D eigenvalue weighted by molar-refractivity contribution is -0.124. The number of rotatable bonds is 4. The van der Waals surface area contributed by atoms with E-state index in [1.54, 1.807) is 6.07 Å². The Labute approximate surface area is 151 Å². The van der Waals surface area contributed by atoms with E-state index in [2.05, 4.69) is 10.3 Å². The van der Waals surface area contributed by atoms with Crippen molar-refractivity contribution in [3.05, 3.63) is 39.4 Å². The molecule has 1 aromatic heterocycles. The second-order valence-corrected chi connectivity index (χ2v) is 7.43. The standard InChI is InChI=1S/C18H23N3O3S/c1-18(2)11-12(8-10-24-18)19-15(22)7-9-21-16(23)13-5-3-4-6-14(13)20-17(21)25/h3-6,12H,7-11H2,1-2H3,(H,19,22)(H,20,25)/t12-/m1/s1. The number of fused-ring (bicyclic) bond motifs is 1. The van der Waals surface area contributed by atoms with Crippen molar-refractivity contribution in [2.24, 2.45) is 0 Å². The van der Waals surface area contributed by atoms with E-state index in [4.69, 9.17) is 17.0 Å². The van der Waals surface area contributed by atoms with E-state index in [9.17, 15) is 9.59 Å². The van der Waals surface area contributed by atoms with Crippen molar-refractivity contribution in [1.82, 2.24) is 14.9 Å². The summed E-state index contributed by atoms with van der Waals surface area (Å²) < 4.78 is 7.45. The first-order valence-corrected chi connectivity index (χ1v) is 8.92. The molecule has 1 saturated heterocycles. The molecule has 1 atom stereocenters. The van der Waals surface area contributed by atoms with Crippen LogP contribution in [0, 0.1) is 4.77 Å². The number of nitrogens with one attached hydrogen (secondary N) is 2. The molecular formula is C18H23N3O3S. The van der Waals surface area contributed by atoms with E-state index in [-0.39, 0.29) is 36.1 Å². The van der Waals surface area contributed by atoms with E-state index in [0.717, 1.165) is 12.8 Å². The average Bonchev–Trinajstić information content (AvgIpc) is 2.53. The molecule has 134 valence electrons. The van der Waals surface area contributed by atoms with Crippen molar-refractivity contribution in [2.45, 2.75) is 51.3 Å². The second kappa shape index (κ2) is 7.09. The second-order valence-electron chi connectivity index (χ2n) is 7.05. The van der Waals surface area contributed by atoms with Gasteiger partial charge in [0.05, 0.1) is 16.5 Å². The number of carbonyl (C=O) groups is 1. The Bertz CT molecular complexity index is 900. The minimum absolute atomic E-state index is 0.0721. The molecular weight excluding hydrogens is 338 g/mol. The molecule has 7 heteroatoms. The van der Waals surface area contributed by atoms with Gasteiger partial charge < -0.3 is 15.0 Å². The lowest BCUT2D eigenvalue weighted by Gasteiger charge is -2.35. The Morgan fingerprint density at radius 1 is 1.44 bits per heavy atom. The molecule has 0 saturated carbocycles. The normalized spacial score (nSPS) is 19.7. The fraction of sp³-hybridized carbons (Fsp3) is 0.500. The van der Waals surface area contributed by atoms with Gasteiger partial charge in [-0.3, -0.25) is 14.2 Å². The number of nitrogens with zero attached hydrogens (tertiary/aromatic N) is 1. The van der Waals surface area contributed by atoms with Crippen molar-refractivity contribution in [3.8, 4) is 0 Å². The van der Waals surface area contributed by atoms with Gasteiger partial charge in [-0.25, -0.2) is 0 Å². The van der Waals surface area contributed by atoms with Gasteiger partial charge in [0, 0.05) is 25.6 Å².